The van der Waals surface area contributed by atoms with Gasteiger partial charge in [0, 0.05) is 47.3 Å². The molecule has 1 fully saturated rings. The molecular formula is C16H20F2N8O. The number of alkyl halides is 2. The fourth-order valence-corrected chi connectivity index (χ4v) is 3.17. The maximum atomic E-state index is 12.8. The first kappa shape index (κ1) is 20.4. The lowest BCUT2D eigenvalue weighted by Crippen LogP contribution is -2.46. The lowest BCUT2D eigenvalue weighted by molar-refractivity contribution is 0.0486. The van der Waals surface area contributed by atoms with Gasteiger partial charge in [-0.05, 0) is 47.7 Å². The van der Waals surface area contributed by atoms with Gasteiger partial charge in [0.2, 0.25) is 0 Å². The molecule has 27 heavy (non-hydrogen) atoms. The van der Waals surface area contributed by atoms with E-state index >= 15 is 0 Å². The molecule has 9 nitrogen and oxygen atoms in total. The van der Waals surface area contributed by atoms with Crippen LogP contribution < -0.4 is 0 Å². The Balaban J connectivity index is 2.12. The van der Waals surface area contributed by atoms with E-state index in [0.717, 1.165) is 0 Å². The number of halogens is 2. The Bertz CT molecular complexity index is 766. The zero-order chi connectivity index (χ0) is 19.8. The maximum absolute atomic E-state index is 12.8. The number of piperidine rings is 1. The van der Waals surface area contributed by atoms with Crippen molar-refractivity contribution in [2.75, 3.05) is 26.7 Å². The van der Waals surface area contributed by atoms with Gasteiger partial charge in [-0.3, -0.25) is 9.69 Å². The molecule has 0 saturated carbocycles. The fraction of sp³-hybridized carbons (Fsp3) is 0.562. The first-order chi connectivity index (χ1) is 12.9. The van der Waals surface area contributed by atoms with Crippen LogP contribution in [0.15, 0.2) is 28.4 Å². The van der Waals surface area contributed by atoms with Gasteiger partial charge in [-0.25, -0.2) is 8.78 Å². The Morgan fingerprint density at radius 2 is 2.00 bits per heavy atom. The number of hydrogen-bond donors (Lipinski definition) is 0. The van der Waals surface area contributed by atoms with E-state index in [1.807, 2.05) is 0 Å². The Hall–Kier alpha value is -2.87. The molecule has 11 heteroatoms. The average molecular weight is 378 g/mol. The highest BCUT2D eigenvalue weighted by Crippen LogP contribution is 2.23. The van der Waals surface area contributed by atoms with E-state index in [0.29, 0.717) is 37.1 Å². The van der Waals surface area contributed by atoms with Crippen LogP contribution in [0.4, 0.5) is 14.5 Å². The van der Waals surface area contributed by atoms with Crippen LogP contribution in [0, 0.1) is 0 Å². The topological polar surface area (TPSA) is 121 Å². The number of azide groups is 2. The minimum Gasteiger partial charge on any atom is -0.339 e. The first-order valence-electron chi connectivity index (χ1n) is 8.42. The normalized spacial score (nSPS) is 15.1. The minimum atomic E-state index is -2.36. The van der Waals surface area contributed by atoms with Crippen LogP contribution in [0.1, 0.15) is 28.8 Å². The third kappa shape index (κ3) is 5.82. The third-order valence-corrected chi connectivity index (χ3v) is 4.52. The highest BCUT2D eigenvalue weighted by atomic mass is 19.3. The number of nitrogens with zero attached hydrogens (tertiary/aromatic N) is 8. The molecule has 1 amide bonds. The number of benzene rings is 1. The van der Waals surface area contributed by atoms with Crippen LogP contribution in [-0.4, -0.2) is 54.9 Å². The van der Waals surface area contributed by atoms with Gasteiger partial charge in [0.15, 0.2) is 0 Å². The van der Waals surface area contributed by atoms with Gasteiger partial charge in [-0.15, -0.1) is 0 Å². The second-order valence-electron chi connectivity index (χ2n) is 6.31. The maximum Gasteiger partial charge on any atom is 0.253 e. The minimum absolute atomic E-state index is 0.0291. The Morgan fingerprint density at radius 3 is 2.59 bits per heavy atom. The average Bonchev–Trinajstić information content (AvgIpc) is 2.65. The molecule has 1 aliphatic rings. The van der Waals surface area contributed by atoms with Gasteiger partial charge in [0.1, 0.15) is 0 Å². The predicted molar refractivity (Wildman–Crippen MR) is 95.7 cm³/mol. The van der Waals surface area contributed by atoms with Gasteiger partial charge in [-0.1, -0.05) is 10.2 Å². The molecule has 144 valence electrons. The number of carbonyl (C=O) groups excluding carboxylic acids is 1. The lowest BCUT2D eigenvalue weighted by Gasteiger charge is -2.36. The van der Waals surface area contributed by atoms with Gasteiger partial charge < -0.3 is 4.90 Å². The molecule has 1 aromatic carbocycles. The number of amides is 1. The van der Waals surface area contributed by atoms with Crippen LogP contribution >= 0.6 is 0 Å². The summed E-state index contributed by atoms with van der Waals surface area (Å²) >= 11 is 0. The van der Waals surface area contributed by atoms with Gasteiger partial charge in [-0.2, -0.15) is 0 Å². The summed E-state index contributed by atoms with van der Waals surface area (Å²) in [6.07, 6.45) is -1.15. The largest absolute Gasteiger partial charge is 0.339 e. The zero-order valence-electron chi connectivity index (χ0n) is 14.9. The molecule has 1 saturated heterocycles. The van der Waals surface area contributed by atoms with Crippen molar-refractivity contribution in [2.24, 2.45) is 10.2 Å². The quantitative estimate of drug-likeness (QED) is 0.400. The fourth-order valence-electron chi connectivity index (χ4n) is 3.17. The summed E-state index contributed by atoms with van der Waals surface area (Å²) < 4.78 is 25.0. The molecule has 0 radical (unpaired) electrons. The van der Waals surface area contributed by atoms with Gasteiger partial charge in [0.05, 0.1) is 13.1 Å². The molecule has 0 aliphatic carbocycles. The molecule has 0 aromatic heterocycles. The second kappa shape index (κ2) is 9.72. The molecule has 0 spiro atoms. The van der Waals surface area contributed by atoms with Crippen LogP contribution in [0.3, 0.4) is 0 Å². The molecule has 1 aromatic rings. The molecule has 1 heterocycles. The summed E-state index contributed by atoms with van der Waals surface area (Å²) in [7, 11) is 1.67. The number of hydrogen-bond acceptors (Lipinski definition) is 4. The van der Waals surface area contributed by atoms with Crippen molar-refractivity contribution in [1.29, 1.82) is 0 Å². The molecule has 1 aliphatic heterocycles. The molecule has 0 unspecified atom stereocenters. The van der Waals surface area contributed by atoms with E-state index in [-0.39, 0.29) is 30.7 Å². The smallest absolute Gasteiger partial charge is 0.253 e. The standard InChI is InChI=1S/C16H20F2N8O/c1-25(14-2-4-26(5-3-14)10-15(17)18)16(27)12-6-11(9-21-23-19)7-13(8-12)22-24-20/h6-8,14-15H,2-5,9-10H2,1H3. The van der Waals surface area contributed by atoms with E-state index in [2.05, 4.69) is 20.1 Å². The number of rotatable bonds is 7. The van der Waals surface area contributed by atoms with Crippen molar-refractivity contribution in [2.45, 2.75) is 31.9 Å². The molecule has 0 atom stereocenters. The lowest BCUT2D eigenvalue weighted by atomic mass is 10.0. The summed E-state index contributed by atoms with van der Waals surface area (Å²) in [6.45, 7) is 0.795. The Labute approximate surface area is 154 Å². The summed E-state index contributed by atoms with van der Waals surface area (Å²) in [4.78, 5) is 21.5. The highest BCUT2D eigenvalue weighted by Gasteiger charge is 2.27. The number of carbonyl (C=O) groups is 1. The third-order valence-electron chi connectivity index (χ3n) is 4.52. The van der Waals surface area contributed by atoms with E-state index < -0.39 is 6.43 Å². The molecule has 0 N–H and O–H groups in total. The summed E-state index contributed by atoms with van der Waals surface area (Å²) in [6, 6.07) is 4.56. The highest BCUT2D eigenvalue weighted by molar-refractivity contribution is 5.95. The van der Waals surface area contributed by atoms with Crippen molar-refractivity contribution >= 4 is 11.6 Å². The predicted octanol–water partition coefficient (Wildman–Crippen LogP) is 4.24. The van der Waals surface area contributed by atoms with E-state index in [1.54, 1.807) is 29.0 Å². The van der Waals surface area contributed by atoms with Crippen LogP contribution in [-0.2, 0) is 6.54 Å². The molecular weight excluding hydrogens is 358 g/mol. The van der Waals surface area contributed by atoms with Gasteiger partial charge in [0.25, 0.3) is 12.3 Å². The zero-order valence-corrected chi connectivity index (χ0v) is 14.9. The van der Waals surface area contributed by atoms with E-state index in [1.165, 1.54) is 6.07 Å². The SMILES string of the molecule is CN(C(=O)c1cc(CN=[N+]=[N-])cc(N=[N+]=[N-])c1)C1CCN(CC(F)F)CC1. The van der Waals surface area contributed by atoms with Crippen LogP contribution in [0.25, 0.3) is 20.9 Å². The molecule has 0 bridgehead atoms. The summed E-state index contributed by atoms with van der Waals surface area (Å²) in [5, 5.41) is 6.99. The first-order valence-corrected chi connectivity index (χ1v) is 8.42. The number of likely N-dealkylation sites (tertiary alicyclic amines) is 1. The van der Waals surface area contributed by atoms with Crippen LogP contribution in [0.2, 0.25) is 0 Å². The second-order valence-corrected chi connectivity index (χ2v) is 6.31. The monoisotopic (exact) mass is 378 g/mol. The Kier molecular flexibility index (Phi) is 7.36. The summed E-state index contributed by atoms with van der Waals surface area (Å²) in [5.74, 6) is -0.264. The van der Waals surface area contributed by atoms with Crippen molar-refractivity contribution < 1.29 is 13.6 Å². The van der Waals surface area contributed by atoms with Gasteiger partial charge >= 0.3 is 0 Å². The molecule has 2 rings (SSSR count). The van der Waals surface area contributed by atoms with Crippen molar-refractivity contribution in [3.05, 3.63) is 50.2 Å². The van der Waals surface area contributed by atoms with Crippen molar-refractivity contribution in [1.82, 2.24) is 9.80 Å². The van der Waals surface area contributed by atoms with Crippen molar-refractivity contribution in [3.63, 3.8) is 0 Å². The Morgan fingerprint density at radius 1 is 1.30 bits per heavy atom. The van der Waals surface area contributed by atoms with Crippen LogP contribution in [0.5, 0.6) is 0 Å². The van der Waals surface area contributed by atoms with E-state index in [4.69, 9.17) is 11.1 Å². The summed E-state index contributed by atoms with van der Waals surface area (Å²) in [5.41, 5.74) is 18.2. The van der Waals surface area contributed by atoms with Crippen molar-refractivity contribution in [3.8, 4) is 0 Å². The van der Waals surface area contributed by atoms with E-state index in [9.17, 15) is 13.6 Å².